The first kappa shape index (κ1) is 18.0. The van der Waals surface area contributed by atoms with E-state index in [1.54, 1.807) is 0 Å². The molecular formula is C16H30N2O3. The molecule has 1 amide bonds. The van der Waals surface area contributed by atoms with Crippen LogP contribution in [0.5, 0.6) is 0 Å². The van der Waals surface area contributed by atoms with Gasteiger partial charge in [-0.05, 0) is 31.7 Å². The van der Waals surface area contributed by atoms with E-state index in [1.807, 2.05) is 18.7 Å². The number of carbonyl (C=O) groups is 2. The van der Waals surface area contributed by atoms with Gasteiger partial charge in [0.05, 0.1) is 13.0 Å². The van der Waals surface area contributed by atoms with Crippen molar-refractivity contribution in [3.63, 3.8) is 0 Å². The van der Waals surface area contributed by atoms with Gasteiger partial charge in [0, 0.05) is 12.1 Å². The Kier molecular flexibility index (Phi) is 7.15. The molecule has 0 spiro atoms. The quantitative estimate of drug-likeness (QED) is 0.755. The van der Waals surface area contributed by atoms with Crippen LogP contribution in [-0.2, 0) is 9.59 Å². The monoisotopic (exact) mass is 298 g/mol. The summed E-state index contributed by atoms with van der Waals surface area (Å²) >= 11 is 0. The van der Waals surface area contributed by atoms with Crippen molar-refractivity contribution in [2.24, 2.45) is 11.8 Å². The van der Waals surface area contributed by atoms with Crippen LogP contribution in [0.3, 0.4) is 0 Å². The van der Waals surface area contributed by atoms with E-state index in [0.29, 0.717) is 18.4 Å². The molecule has 0 heterocycles. The van der Waals surface area contributed by atoms with Crippen molar-refractivity contribution >= 4 is 11.9 Å². The standard InChI is InChI=1S/C16H30N2O3/c1-5-18(12(3)9-16(20)21)10-15(19)17-14-8-6-7-11(2)13(14)4/h11-14H,5-10H2,1-4H3,(H,17,19)(H,20,21). The summed E-state index contributed by atoms with van der Waals surface area (Å²) < 4.78 is 0. The molecule has 4 atom stereocenters. The maximum Gasteiger partial charge on any atom is 0.304 e. The number of nitrogens with one attached hydrogen (secondary N) is 1. The van der Waals surface area contributed by atoms with Gasteiger partial charge in [0.2, 0.25) is 5.91 Å². The van der Waals surface area contributed by atoms with Gasteiger partial charge in [0.1, 0.15) is 0 Å². The normalized spacial score (nSPS) is 27.4. The molecule has 0 aromatic rings. The molecule has 0 saturated heterocycles. The summed E-state index contributed by atoms with van der Waals surface area (Å²) in [6, 6.07) is 0.135. The fourth-order valence-electron chi connectivity index (χ4n) is 3.18. The molecule has 0 aromatic carbocycles. The topological polar surface area (TPSA) is 69.6 Å². The van der Waals surface area contributed by atoms with Gasteiger partial charge in [0.15, 0.2) is 0 Å². The second-order valence-corrected chi connectivity index (χ2v) is 6.45. The van der Waals surface area contributed by atoms with Gasteiger partial charge in [-0.3, -0.25) is 14.5 Å². The lowest BCUT2D eigenvalue weighted by Gasteiger charge is -2.35. The van der Waals surface area contributed by atoms with Gasteiger partial charge >= 0.3 is 5.97 Å². The minimum Gasteiger partial charge on any atom is -0.481 e. The predicted molar refractivity (Wildman–Crippen MR) is 83.1 cm³/mol. The Morgan fingerprint density at radius 2 is 2.00 bits per heavy atom. The molecule has 122 valence electrons. The Morgan fingerprint density at radius 1 is 1.33 bits per heavy atom. The molecule has 5 heteroatoms. The fraction of sp³-hybridized carbons (Fsp3) is 0.875. The van der Waals surface area contributed by atoms with E-state index in [9.17, 15) is 9.59 Å². The number of aliphatic carboxylic acids is 1. The van der Waals surface area contributed by atoms with E-state index in [2.05, 4.69) is 19.2 Å². The maximum atomic E-state index is 12.2. The number of carboxylic acids is 1. The molecule has 1 aliphatic rings. The van der Waals surface area contributed by atoms with Gasteiger partial charge in [-0.2, -0.15) is 0 Å². The number of nitrogens with zero attached hydrogens (tertiary/aromatic N) is 1. The van der Waals surface area contributed by atoms with E-state index in [1.165, 1.54) is 12.8 Å². The molecule has 2 N–H and O–H groups in total. The predicted octanol–water partition coefficient (Wildman–Crippen LogP) is 2.11. The first-order valence-corrected chi connectivity index (χ1v) is 8.10. The summed E-state index contributed by atoms with van der Waals surface area (Å²) in [5.74, 6) is 0.350. The van der Waals surface area contributed by atoms with Crippen LogP contribution in [0, 0.1) is 11.8 Å². The Balaban J connectivity index is 2.48. The van der Waals surface area contributed by atoms with Gasteiger partial charge in [-0.25, -0.2) is 0 Å². The molecule has 5 nitrogen and oxygen atoms in total. The molecule has 1 aliphatic carbocycles. The number of rotatable bonds is 7. The second kappa shape index (κ2) is 8.37. The van der Waals surface area contributed by atoms with Crippen molar-refractivity contribution < 1.29 is 14.7 Å². The largest absolute Gasteiger partial charge is 0.481 e. The van der Waals surface area contributed by atoms with Crippen LogP contribution in [0.25, 0.3) is 0 Å². The number of carboxylic acid groups (broad SMARTS) is 1. The van der Waals surface area contributed by atoms with Gasteiger partial charge in [0.25, 0.3) is 0 Å². The highest BCUT2D eigenvalue weighted by molar-refractivity contribution is 5.78. The fourth-order valence-corrected chi connectivity index (χ4v) is 3.18. The average Bonchev–Trinajstić information content (AvgIpc) is 2.40. The summed E-state index contributed by atoms with van der Waals surface area (Å²) in [5, 5.41) is 12.0. The lowest BCUT2D eigenvalue weighted by Crippen LogP contribution is -2.49. The first-order chi connectivity index (χ1) is 9.85. The summed E-state index contributed by atoms with van der Waals surface area (Å²) in [6.07, 6.45) is 3.53. The summed E-state index contributed by atoms with van der Waals surface area (Å²) in [6.45, 7) is 9.23. The van der Waals surface area contributed by atoms with Crippen LogP contribution in [-0.4, -0.2) is 47.1 Å². The number of carbonyl (C=O) groups excluding carboxylic acids is 1. The lowest BCUT2D eigenvalue weighted by molar-refractivity contribution is -0.139. The molecule has 1 saturated carbocycles. The van der Waals surface area contributed by atoms with Crippen LogP contribution in [0.15, 0.2) is 0 Å². The van der Waals surface area contributed by atoms with Crippen molar-refractivity contribution in [2.45, 2.75) is 65.5 Å². The van der Waals surface area contributed by atoms with Crippen LogP contribution >= 0.6 is 0 Å². The molecule has 21 heavy (non-hydrogen) atoms. The van der Waals surface area contributed by atoms with Crippen molar-refractivity contribution in [3.8, 4) is 0 Å². The number of hydrogen-bond donors (Lipinski definition) is 2. The Morgan fingerprint density at radius 3 is 2.57 bits per heavy atom. The van der Waals surface area contributed by atoms with Crippen molar-refractivity contribution in [1.82, 2.24) is 10.2 Å². The van der Waals surface area contributed by atoms with E-state index in [0.717, 1.165) is 6.42 Å². The Hall–Kier alpha value is -1.10. The minimum absolute atomic E-state index is 0.0139. The van der Waals surface area contributed by atoms with E-state index < -0.39 is 5.97 Å². The van der Waals surface area contributed by atoms with Gasteiger partial charge in [-0.1, -0.05) is 33.6 Å². The van der Waals surface area contributed by atoms with Gasteiger partial charge in [-0.15, -0.1) is 0 Å². The highest BCUT2D eigenvalue weighted by atomic mass is 16.4. The zero-order valence-electron chi connectivity index (χ0n) is 13.8. The molecular weight excluding hydrogens is 268 g/mol. The van der Waals surface area contributed by atoms with Crippen LogP contribution < -0.4 is 5.32 Å². The van der Waals surface area contributed by atoms with Crippen LogP contribution in [0.2, 0.25) is 0 Å². The molecule has 1 rings (SSSR count). The van der Waals surface area contributed by atoms with Crippen LogP contribution in [0.4, 0.5) is 0 Å². The first-order valence-electron chi connectivity index (χ1n) is 8.10. The number of likely N-dealkylation sites (N-methyl/N-ethyl adjacent to an activating group) is 1. The third kappa shape index (κ3) is 5.65. The lowest BCUT2D eigenvalue weighted by atomic mass is 9.78. The third-order valence-corrected chi connectivity index (χ3v) is 4.90. The average molecular weight is 298 g/mol. The van der Waals surface area contributed by atoms with Crippen molar-refractivity contribution in [2.75, 3.05) is 13.1 Å². The summed E-state index contributed by atoms with van der Waals surface area (Å²) in [5.41, 5.74) is 0. The Bertz CT molecular complexity index is 359. The van der Waals surface area contributed by atoms with Crippen LogP contribution in [0.1, 0.15) is 53.4 Å². The SMILES string of the molecule is CCN(CC(=O)NC1CCCC(C)C1C)C(C)CC(=O)O. The number of amides is 1. The van der Waals surface area contributed by atoms with Crippen molar-refractivity contribution in [1.29, 1.82) is 0 Å². The van der Waals surface area contributed by atoms with Gasteiger partial charge < -0.3 is 10.4 Å². The van der Waals surface area contributed by atoms with Crippen molar-refractivity contribution in [3.05, 3.63) is 0 Å². The summed E-state index contributed by atoms with van der Waals surface area (Å²) in [4.78, 5) is 24.9. The molecule has 4 unspecified atom stereocenters. The highest BCUT2D eigenvalue weighted by Gasteiger charge is 2.28. The van der Waals surface area contributed by atoms with E-state index in [-0.39, 0.29) is 31.0 Å². The molecule has 0 radical (unpaired) electrons. The zero-order chi connectivity index (χ0) is 16.0. The molecule has 0 aliphatic heterocycles. The highest BCUT2D eigenvalue weighted by Crippen LogP contribution is 2.29. The smallest absolute Gasteiger partial charge is 0.304 e. The number of hydrogen-bond acceptors (Lipinski definition) is 3. The van der Waals surface area contributed by atoms with E-state index >= 15 is 0 Å². The van der Waals surface area contributed by atoms with E-state index in [4.69, 9.17) is 5.11 Å². The molecule has 0 bridgehead atoms. The molecule has 0 aromatic heterocycles. The second-order valence-electron chi connectivity index (χ2n) is 6.45. The summed E-state index contributed by atoms with van der Waals surface area (Å²) in [7, 11) is 0. The third-order valence-electron chi connectivity index (χ3n) is 4.90. The minimum atomic E-state index is -0.823. The Labute approximate surface area is 128 Å². The molecule has 1 fully saturated rings. The maximum absolute atomic E-state index is 12.2. The zero-order valence-corrected chi connectivity index (χ0v) is 13.8.